The summed E-state index contributed by atoms with van der Waals surface area (Å²) >= 11 is 0. The number of fused-ring (bicyclic) bond motifs is 3. The van der Waals surface area contributed by atoms with Crippen molar-refractivity contribution in [2.45, 2.75) is 42.2 Å². The van der Waals surface area contributed by atoms with Gasteiger partial charge >= 0.3 is 5.97 Å². The third kappa shape index (κ3) is 5.51. The second kappa shape index (κ2) is 12.7. The van der Waals surface area contributed by atoms with E-state index in [1.807, 2.05) is 6.07 Å². The second-order valence-corrected chi connectivity index (χ2v) is 12.5. The van der Waals surface area contributed by atoms with E-state index in [1.165, 1.54) is 31.4 Å². The molecule has 50 heavy (non-hydrogen) atoms. The summed E-state index contributed by atoms with van der Waals surface area (Å²) in [6.07, 6.45) is -2.86. The fourth-order valence-corrected chi connectivity index (χ4v) is 6.92. The molecule has 0 saturated carbocycles. The monoisotopic (exact) mass is 692 g/mol. The summed E-state index contributed by atoms with van der Waals surface area (Å²) in [6.45, 7) is 1.14. The normalized spacial score (nSPS) is 28.8. The van der Waals surface area contributed by atoms with E-state index in [0.29, 0.717) is 43.4 Å². The van der Waals surface area contributed by atoms with Crippen LogP contribution in [0.5, 0.6) is 23.0 Å². The summed E-state index contributed by atoms with van der Waals surface area (Å²) in [7, 11) is 1.19. The number of phenolic OH excluding ortho intramolecular Hbond substituents is 1. The molecule has 264 valence electrons. The number of aromatic hydroxyl groups is 1. The minimum atomic E-state index is -2.46. The molecule has 2 bridgehead atoms. The molecule has 0 unspecified atom stereocenters. The number of nitrogen functional groups attached to an aromatic ring is 1. The number of hydrogen-bond donors (Lipinski definition) is 9. The van der Waals surface area contributed by atoms with Crippen molar-refractivity contribution in [3.8, 4) is 34.3 Å². The molecule has 0 spiro atoms. The molecule has 2 saturated heterocycles. The molecule has 0 radical (unpaired) electrons. The number of aromatic amines is 1. The molecular formula is C34H36N4O12. The molecule has 10 N–H and O–H groups in total. The number of nitrogens with two attached hydrogens (primary N) is 1. The number of rotatable bonds is 10. The van der Waals surface area contributed by atoms with Gasteiger partial charge in [-0.05, 0) is 42.5 Å². The highest BCUT2D eigenvalue weighted by Gasteiger charge is 2.70. The van der Waals surface area contributed by atoms with Crippen LogP contribution in [0.2, 0.25) is 0 Å². The van der Waals surface area contributed by atoms with Crippen molar-refractivity contribution in [1.29, 1.82) is 0 Å². The van der Waals surface area contributed by atoms with Gasteiger partial charge in [-0.15, -0.1) is 0 Å². The minimum absolute atomic E-state index is 0.139. The molecule has 4 heterocycles. The zero-order chi connectivity index (χ0) is 35.4. The van der Waals surface area contributed by atoms with Gasteiger partial charge in [0.15, 0.2) is 28.6 Å². The van der Waals surface area contributed by atoms with Crippen LogP contribution in [0.1, 0.15) is 5.69 Å². The van der Waals surface area contributed by atoms with Crippen LogP contribution >= 0.6 is 0 Å². The Bertz CT molecular complexity index is 2010. The molecule has 1 aliphatic carbocycles. The van der Waals surface area contributed by atoms with E-state index in [-0.39, 0.29) is 28.2 Å². The van der Waals surface area contributed by atoms with Crippen molar-refractivity contribution in [2.75, 3.05) is 32.7 Å². The van der Waals surface area contributed by atoms with Crippen molar-refractivity contribution in [3.05, 3.63) is 76.6 Å². The van der Waals surface area contributed by atoms with Crippen LogP contribution in [0.15, 0.2) is 69.9 Å². The Morgan fingerprint density at radius 1 is 1.14 bits per heavy atom. The number of aliphatic hydroxyl groups excluding tert-OH is 1. The molecular weight excluding hydrogens is 656 g/mol. The maximum atomic E-state index is 13.3. The Hall–Kier alpha value is -5.10. The highest BCUT2D eigenvalue weighted by molar-refractivity contribution is 5.89. The predicted octanol–water partition coefficient (Wildman–Crippen LogP) is 0.422. The molecule has 4 aromatic rings. The van der Waals surface area contributed by atoms with E-state index in [4.69, 9.17) is 29.1 Å². The third-order valence-electron chi connectivity index (χ3n) is 9.45. The number of nitrogens with one attached hydrogen (secondary N) is 3. The summed E-state index contributed by atoms with van der Waals surface area (Å²) in [4.78, 5) is 28.7. The molecule has 2 aromatic heterocycles. The summed E-state index contributed by atoms with van der Waals surface area (Å²) < 4.78 is 28.8. The van der Waals surface area contributed by atoms with E-state index in [2.05, 4.69) is 15.6 Å². The lowest BCUT2D eigenvalue weighted by molar-refractivity contribution is -0.342. The smallest absolute Gasteiger partial charge is 0.336 e. The van der Waals surface area contributed by atoms with Crippen LogP contribution in [0.3, 0.4) is 0 Å². The van der Waals surface area contributed by atoms with Gasteiger partial charge < -0.3 is 64.9 Å². The number of carboxylic acids is 1. The Labute approximate surface area is 283 Å². The number of carbonyl (C=O) groups is 1. The number of phenols is 1. The molecule has 0 amide bonds. The SMILES string of the molecule is COc1c(O[C@@H]2O[C@H](C(=O)O)[C@]3(O)[C@@H]([C@@H]4CNCN4)C=C[C@@]2(O)[C@@H]3O)cc2oc(-c3ccc(OCCc4ccc(N)[nH]4)cc3)cc(=O)c2c1O. The molecule has 3 aliphatic rings. The lowest BCUT2D eigenvalue weighted by Crippen LogP contribution is -2.79. The average molecular weight is 693 g/mol. The van der Waals surface area contributed by atoms with Crippen LogP contribution in [0, 0.1) is 5.92 Å². The van der Waals surface area contributed by atoms with E-state index < -0.39 is 58.8 Å². The number of carboxylic acid groups (broad SMARTS) is 1. The Kier molecular flexibility index (Phi) is 8.45. The molecule has 2 aliphatic heterocycles. The first-order chi connectivity index (χ1) is 23.9. The molecule has 7 rings (SSSR count). The van der Waals surface area contributed by atoms with Crippen molar-refractivity contribution in [3.63, 3.8) is 0 Å². The van der Waals surface area contributed by atoms with Crippen molar-refractivity contribution in [1.82, 2.24) is 15.6 Å². The topological polar surface area (TPSA) is 251 Å². The number of methoxy groups -OCH3 is 1. The fraction of sp³-hybridized carbons (Fsp3) is 0.353. The van der Waals surface area contributed by atoms with Crippen LogP contribution in [-0.2, 0) is 16.0 Å². The molecule has 2 fully saturated rings. The van der Waals surface area contributed by atoms with Gasteiger partial charge in [-0.2, -0.15) is 0 Å². The summed E-state index contributed by atoms with van der Waals surface area (Å²) in [5, 5.41) is 61.9. The van der Waals surface area contributed by atoms with Crippen LogP contribution in [-0.4, -0.2) is 99.2 Å². The molecule has 7 atom stereocenters. The van der Waals surface area contributed by atoms with Gasteiger partial charge in [-0.25, -0.2) is 4.79 Å². The average Bonchev–Trinajstić information content (AvgIpc) is 3.77. The summed E-state index contributed by atoms with van der Waals surface area (Å²) in [5.74, 6) is -2.61. The predicted molar refractivity (Wildman–Crippen MR) is 176 cm³/mol. The van der Waals surface area contributed by atoms with Crippen LogP contribution < -0.4 is 36.0 Å². The number of aliphatic carboxylic acids is 1. The minimum Gasteiger partial charge on any atom is -0.504 e. The summed E-state index contributed by atoms with van der Waals surface area (Å²) in [6, 6.07) is 12.4. The first-order valence-corrected chi connectivity index (χ1v) is 15.8. The van der Waals surface area contributed by atoms with E-state index >= 15 is 0 Å². The summed E-state index contributed by atoms with van der Waals surface area (Å²) in [5.41, 5.74) is 1.48. The van der Waals surface area contributed by atoms with Crippen LogP contribution in [0.4, 0.5) is 5.82 Å². The zero-order valence-electron chi connectivity index (χ0n) is 26.7. The van der Waals surface area contributed by atoms with Crippen molar-refractivity contribution < 1.29 is 53.7 Å². The van der Waals surface area contributed by atoms with Gasteiger partial charge in [-0.1, -0.05) is 6.08 Å². The first kappa shape index (κ1) is 33.4. The number of aromatic nitrogens is 1. The molecule has 2 aromatic carbocycles. The van der Waals surface area contributed by atoms with E-state index in [1.54, 1.807) is 30.3 Å². The largest absolute Gasteiger partial charge is 0.504 e. The number of anilines is 1. The second-order valence-electron chi connectivity index (χ2n) is 12.5. The maximum Gasteiger partial charge on any atom is 0.336 e. The quantitative estimate of drug-likeness (QED) is 0.102. The van der Waals surface area contributed by atoms with Gasteiger partial charge in [0.25, 0.3) is 0 Å². The van der Waals surface area contributed by atoms with Gasteiger partial charge in [0, 0.05) is 55.0 Å². The Balaban J connectivity index is 1.19. The number of hydrogen-bond acceptors (Lipinski definition) is 14. The van der Waals surface area contributed by atoms with Crippen molar-refractivity contribution >= 4 is 22.8 Å². The lowest BCUT2D eigenvalue weighted by atomic mass is 9.63. The fourth-order valence-electron chi connectivity index (χ4n) is 6.92. The molecule has 16 heteroatoms. The number of H-pyrrole nitrogens is 1. The Morgan fingerprint density at radius 2 is 1.92 bits per heavy atom. The van der Waals surface area contributed by atoms with Crippen LogP contribution in [0.25, 0.3) is 22.3 Å². The van der Waals surface area contributed by atoms with Gasteiger partial charge in [0.05, 0.1) is 13.7 Å². The third-order valence-corrected chi connectivity index (χ3v) is 9.45. The van der Waals surface area contributed by atoms with Gasteiger partial charge in [-0.3, -0.25) is 10.1 Å². The Morgan fingerprint density at radius 3 is 2.58 bits per heavy atom. The zero-order valence-corrected chi connectivity index (χ0v) is 26.7. The van der Waals surface area contributed by atoms with E-state index in [9.17, 15) is 35.1 Å². The van der Waals surface area contributed by atoms with E-state index in [0.717, 1.165) is 5.69 Å². The lowest BCUT2D eigenvalue weighted by Gasteiger charge is -2.56. The number of benzene rings is 2. The van der Waals surface area contributed by atoms with Gasteiger partial charge in [0.1, 0.15) is 40.0 Å². The van der Waals surface area contributed by atoms with Crippen molar-refractivity contribution in [2.24, 2.45) is 5.92 Å². The molecule has 16 nitrogen and oxygen atoms in total. The maximum absolute atomic E-state index is 13.3. The number of ether oxygens (including phenoxy) is 4. The highest BCUT2D eigenvalue weighted by atomic mass is 16.7. The number of aliphatic hydroxyl groups is 3. The highest BCUT2D eigenvalue weighted by Crippen LogP contribution is 2.49. The first-order valence-electron chi connectivity index (χ1n) is 15.8. The standard InChI is InChI=1S/C34H36N4O12/c1-46-28-24(49-32-33(44)10-8-19(20-14-36-15-37-20)34(45,31(33)43)29(50-32)30(41)42)13-23-26(27(28)40)21(39)12-22(48-23)16-2-5-18(6-3-16)47-11-9-17-4-7-25(35)38-17/h2-8,10,12-13,19-20,29,31-32,36-38,40,43-45H,9,11,14-15,35H2,1H3,(H,41,42)/t19-,20+,29-,31+,32-,33-,34-/m1/s1. The van der Waals surface area contributed by atoms with Gasteiger partial charge in [0.2, 0.25) is 12.0 Å².